The Morgan fingerprint density at radius 3 is 2.62 bits per heavy atom. The third-order valence-electron chi connectivity index (χ3n) is 4.53. The van der Waals surface area contributed by atoms with Crippen LogP contribution in [0.4, 0.5) is 11.4 Å². The summed E-state index contributed by atoms with van der Waals surface area (Å²) >= 11 is 8.37. The van der Waals surface area contributed by atoms with Gasteiger partial charge in [0.2, 0.25) is 5.91 Å². The first-order valence-electron chi connectivity index (χ1n) is 9.45. The molecule has 2 amide bonds. The van der Waals surface area contributed by atoms with E-state index in [-0.39, 0.29) is 23.1 Å². The van der Waals surface area contributed by atoms with Gasteiger partial charge in [0, 0.05) is 17.8 Å². The largest absolute Gasteiger partial charge is 0.325 e. The van der Waals surface area contributed by atoms with Gasteiger partial charge in [0.05, 0.1) is 22.5 Å². The standard InChI is InChI=1S/C22H17ClN4O3S2/c1-27-21(30)19-17(10-11-31-19)26-22(27)32-12-18(28)25-16-5-3-2-4-15(16)20(29)24-14-8-6-13(23)7-9-14/h2-11H,12H2,1H3,(H,24,29)(H,25,28). The second kappa shape index (κ2) is 9.56. The number of para-hydroxylation sites is 1. The molecule has 4 rings (SSSR count). The van der Waals surface area contributed by atoms with Gasteiger partial charge in [-0.15, -0.1) is 11.3 Å². The molecule has 0 spiro atoms. The molecule has 162 valence electrons. The van der Waals surface area contributed by atoms with Crippen LogP contribution in [0.25, 0.3) is 10.2 Å². The molecule has 32 heavy (non-hydrogen) atoms. The number of hydrogen-bond donors (Lipinski definition) is 2. The Kier molecular flexibility index (Phi) is 6.59. The molecule has 0 atom stereocenters. The van der Waals surface area contributed by atoms with Crippen molar-refractivity contribution in [3.05, 3.63) is 80.9 Å². The number of thiophene rings is 1. The highest BCUT2D eigenvalue weighted by Gasteiger charge is 2.15. The third kappa shape index (κ3) is 4.85. The molecule has 0 aliphatic rings. The highest BCUT2D eigenvalue weighted by molar-refractivity contribution is 7.99. The number of fused-ring (bicyclic) bond motifs is 1. The van der Waals surface area contributed by atoms with E-state index in [2.05, 4.69) is 15.6 Å². The highest BCUT2D eigenvalue weighted by Crippen LogP contribution is 2.22. The summed E-state index contributed by atoms with van der Waals surface area (Å²) < 4.78 is 2.02. The quantitative estimate of drug-likeness (QED) is 0.307. The molecular weight excluding hydrogens is 468 g/mol. The first-order valence-corrected chi connectivity index (χ1v) is 11.7. The number of nitrogens with zero attached hydrogens (tertiary/aromatic N) is 2. The molecule has 0 unspecified atom stereocenters. The second-order valence-corrected chi connectivity index (χ2v) is 9.03. The summed E-state index contributed by atoms with van der Waals surface area (Å²) in [4.78, 5) is 42.1. The summed E-state index contributed by atoms with van der Waals surface area (Å²) in [5.41, 5.74) is 1.78. The van der Waals surface area contributed by atoms with E-state index >= 15 is 0 Å². The van der Waals surface area contributed by atoms with Crippen LogP contribution in [-0.4, -0.2) is 27.1 Å². The molecular formula is C22H17ClN4O3S2. The fourth-order valence-corrected chi connectivity index (χ4v) is 4.64. The number of carbonyl (C=O) groups excluding carboxylic acids is 2. The first kappa shape index (κ1) is 22.1. The van der Waals surface area contributed by atoms with Crippen LogP contribution < -0.4 is 16.2 Å². The number of amides is 2. The van der Waals surface area contributed by atoms with Gasteiger partial charge < -0.3 is 10.6 Å². The van der Waals surface area contributed by atoms with Gasteiger partial charge in [0.15, 0.2) is 5.16 Å². The zero-order valence-electron chi connectivity index (χ0n) is 16.8. The van der Waals surface area contributed by atoms with E-state index in [1.54, 1.807) is 61.6 Å². The number of benzene rings is 2. The van der Waals surface area contributed by atoms with E-state index < -0.39 is 0 Å². The highest BCUT2D eigenvalue weighted by atomic mass is 35.5. The predicted molar refractivity (Wildman–Crippen MR) is 130 cm³/mol. The maximum absolute atomic E-state index is 12.7. The van der Waals surface area contributed by atoms with Crippen LogP contribution in [0.1, 0.15) is 10.4 Å². The van der Waals surface area contributed by atoms with Crippen LogP contribution >= 0.6 is 34.7 Å². The van der Waals surface area contributed by atoms with Crippen molar-refractivity contribution < 1.29 is 9.59 Å². The van der Waals surface area contributed by atoms with Crippen molar-refractivity contribution in [3.63, 3.8) is 0 Å². The zero-order chi connectivity index (χ0) is 22.7. The van der Waals surface area contributed by atoms with E-state index in [4.69, 9.17) is 11.6 Å². The summed E-state index contributed by atoms with van der Waals surface area (Å²) in [6.07, 6.45) is 0. The normalized spacial score (nSPS) is 10.8. The Morgan fingerprint density at radius 1 is 1.09 bits per heavy atom. The maximum atomic E-state index is 12.7. The average Bonchev–Trinajstić information content (AvgIpc) is 3.26. The fourth-order valence-electron chi connectivity index (χ4n) is 2.94. The van der Waals surface area contributed by atoms with Crippen molar-refractivity contribution in [2.75, 3.05) is 16.4 Å². The molecule has 0 fully saturated rings. The van der Waals surface area contributed by atoms with Crippen LogP contribution in [0.5, 0.6) is 0 Å². The summed E-state index contributed by atoms with van der Waals surface area (Å²) in [6, 6.07) is 15.3. The van der Waals surface area contributed by atoms with Gasteiger partial charge >= 0.3 is 0 Å². The van der Waals surface area contributed by atoms with Crippen LogP contribution in [0, 0.1) is 0 Å². The van der Waals surface area contributed by atoms with Crippen molar-refractivity contribution >= 4 is 68.1 Å². The number of carbonyl (C=O) groups is 2. The average molecular weight is 485 g/mol. The molecule has 0 saturated carbocycles. The van der Waals surface area contributed by atoms with E-state index in [0.29, 0.717) is 37.3 Å². The van der Waals surface area contributed by atoms with E-state index in [1.807, 2.05) is 5.38 Å². The number of thioether (sulfide) groups is 1. The molecule has 4 aromatic rings. The van der Waals surface area contributed by atoms with E-state index in [1.165, 1.54) is 15.9 Å². The molecule has 0 aliphatic carbocycles. The molecule has 2 aromatic carbocycles. The van der Waals surface area contributed by atoms with Crippen LogP contribution in [0.2, 0.25) is 5.02 Å². The topological polar surface area (TPSA) is 93.1 Å². The lowest BCUT2D eigenvalue weighted by Gasteiger charge is -2.12. The Labute approximate surface area is 196 Å². The summed E-state index contributed by atoms with van der Waals surface area (Å²) in [6.45, 7) is 0. The van der Waals surface area contributed by atoms with Gasteiger partial charge in [-0.25, -0.2) is 4.98 Å². The number of nitrogens with one attached hydrogen (secondary N) is 2. The molecule has 0 saturated heterocycles. The van der Waals surface area contributed by atoms with Crippen molar-refractivity contribution in [2.24, 2.45) is 7.05 Å². The van der Waals surface area contributed by atoms with Crippen molar-refractivity contribution in [2.45, 2.75) is 5.16 Å². The maximum Gasteiger partial charge on any atom is 0.271 e. The Bertz CT molecular complexity index is 1370. The first-order chi connectivity index (χ1) is 15.4. The van der Waals surface area contributed by atoms with Crippen LogP contribution in [0.15, 0.2) is 69.9 Å². The van der Waals surface area contributed by atoms with Gasteiger partial charge in [0.1, 0.15) is 4.70 Å². The number of halogens is 1. The van der Waals surface area contributed by atoms with Gasteiger partial charge in [-0.3, -0.25) is 19.0 Å². The minimum atomic E-state index is -0.358. The molecule has 2 aromatic heterocycles. The number of aromatic nitrogens is 2. The zero-order valence-corrected chi connectivity index (χ0v) is 19.2. The lowest BCUT2D eigenvalue weighted by molar-refractivity contribution is -0.113. The Morgan fingerprint density at radius 2 is 1.84 bits per heavy atom. The van der Waals surface area contributed by atoms with Crippen molar-refractivity contribution in [1.82, 2.24) is 9.55 Å². The molecule has 0 radical (unpaired) electrons. The van der Waals surface area contributed by atoms with Crippen molar-refractivity contribution in [3.8, 4) is 0 Å². The van der Waals surface area contributed by atoms with Crippen LogP contribution in [-0.2, 0) is 11.8 Å². The molecule has 7 nitrogen and oxygen atoms in total. The summed E-state index contributed by atoms with van der Waals surface area (Å²) in [7, 11) is 1.63. The summed E-state index contributed by atoms with van der Waals surface area (Å²) in [5, 5.41) is 8.38. The third-order valence-corrected chi connectivity index (χ3v) is 6.70. The van der Waals surface area contributed by atoms with E-state index in [9.17, 15) is 14.4 Å². The molecule has 2 N–H and O–H groups in total. The van der Waals surface area contributed by atoms with Gasteiger partial charge in [-0.2, -0.15) is 0 Å². The lowest BCUT2D eigenvalue weighted by Crippen LogP contribution is -2.21. The SMILES string of the molecule is Cn1c(SCC(=O)Nc2ccccc2C(=O)Nc2ccc(Cl)cc2)nc2ccsc2c1=O. The smallest absolute Gasteiger partial charge is 0.271 e. The van der Waals surface area contributed by atoms with Gasteiger partial charge in [-0.05, 0) is 47.8 Å². The number of rotatable bonds is 6. The molecule has 2 heterocycles. The molecule has 10 heteroatoms. The van der Waals surface area contributed by atoms with E-state index in [0.717, 1.165) is 11.8 Å². The van der Waals surface area contributed by atoms with Crippen LogP contribution in [0.3, 0.4) is 0 Å². The predicted octanol–water partition coefficient (Wildman–Crippen LogP) is 4.63. The minimum Gasteiger partial charge on any atom is -0.325 e. The number of hydrogen-bond acceptors (Lipinski definition) is 6. The van der Waals surface area contributed by atoms with Crippen molar-refractivity contribution in [1.29, 1.82) is 0 Å². The minimum absolute atomic E-state index is 0.0308. The Hall–Kier alpha value is -3.14. The Balaban J connectivity index is 1.45. The molecule has 0 bridgehead atoms. The monoisotopic (exact) mass is 484 g/mol. The second-order valence-electron chi connectivity index (χ2n) is 6.74. The van der Waals surface area contributed by atoms with Gasteiger partial charge in [0.25, 0.3) is 11.5 Å². The molecule has 0 aliphatic heterocycles. The number of anilines is 2. The fraction of sp³-hybridized carbons (Fsp3) is 0.0909. The van der Waals surface area contributed by atoms with Gasteiger partial charge in [-0.1, -0.05) is 35.5 Å². The summed E-state index contributed by atoms with van der Waals surface area (Å²) in [5.74, 6) is -0.646. The lowest BCUT2D eigenvalue weighted by atomic mass is 10.1.